The first-order valence-corrected chi connectivity index (χ1v) is 13.5. The monoisotopic (exact) mass is 644 g/mol. The topological polar surface area (TPSA) is 85.6 Å². The molecule has 3 aromatic carbocycles. The molecule has 0 radical (unpaired) electrons. The normalized spacial score (nSPS) is 12.1. The Morgan fingerprint density at radius 2 is 1.92 bits per heavy atom. The van der Waals surface area contributed by atoms with Crippen LogP contribution in [0.25, 0.3) is 10.9 Å². The lowest BCUT2D eigenvalue weighted by Gasteiger charge is -2.14. The zero-order valence-corrected chi connectivity index (χ0v) is 24.0. The van der Waals surface area contributed by atoms with Gasteiger partial charge in [-0.05, 0) is 88.6 Å². The quantitative estimate of drug-likeness (QED) is 0.209. The Morgan fingerprint density at radius 3 is 2.62 bits per heavy atom. The number of carbonyl (C=O) groups is 1. The molecule has 1 aromatic heterocycles. The summed E-state index contributed by atoms with van der Waals surface area (Å²) in [6.45, 7) is 3.90. The van der Waals surface area contributed by atoms with Crippen molar-refractivity contribution in [2.45, 2.75) is 26.2 Å². The van der Waals surface area contributed by atoms with Gasteiger partial charge in [0.05, 0.1) is 21.6 Å². The Balaban J connectivity index is 1.52. The zero-order valence-electron chi connectivity index (χ0n) is 20.0. The van der Waals surface area contributed by atoms with Crippen molar-refractivity contribution < 1.29 is 9.53 Å². The third kappa shape index (κ3) is 6.66. The molecule has 0 aliphatic heterocycles. The van der Waals surface area contributed by atoms with Gasteiger partial charge in [-0.1, -0.05) is 41.4 Å². The molecule has 0 fully saturated rings. The number of benzene rings is 3. The van der Waals surface area contributed by atoms with E-state index in [0.717, 1.165) is 16.5 Å². The van der Waals surface area contributed by atoms with Crippen LogP contribution in [-0.2, 0) is 4.79 Å². The second-order valence-corrected chi connectivity index (χ2v) is 10.5. The summed E-state index contributed by atoms with van der Waals surface area (Å²) in [6, 6.07) is 17.6. The highest BCUT2D eigenvalue weighted by molar-refractivity contribution is 9.10. The lowest BCUT2D eigenvalue weighted by molar-refractivity contribution is -0.118. The van der Waals surface area contributed by atoms with Gasteiger partial charge in [0.25, 0.3) is 11.5 Å². The fourth-order valence-electron chi connectivity index (χ4n) is 3.49. The second-order valence-electron chi connectivity index (χ2n) is 8.34. The lowest BCUT2D eigenvalue weighted by Crippen LogP contribution is -2.23. The molecule has 0 aliphatic rings. The predicted molar refractivity (Wildman–Crippen MR) is 155 cm³/mol. The molecule has 4 rings (SSSR count). The number of rotatable bonds is 8. The molecule has 4 aromatic rings. The van der Waals surface area contributed by atoms with Gasteiger partial charge >= 0.3 is 0 Å². The highest BCUT2D eigenvalue weighted by atomic mass is 79.9. The van der Waals surface area contributed by atoms with Crippen molar-refractivity contribution in [3.05, 3.63) is 96.4 Å². The first-order chi connectivity index (χ1) is 17.7. The van der Waals surface area contributed by atoms with E-state index in [4.69, 9.17) is 21.3 Å². The summed E-state index contributed by atoms with van der Waals surface area (Å²) in [6.07, 6.45) is 2.41. The molecule has 37 heavy (non-hydrogen) atoms. The molecule has 10 heteroatoms. The van der Waals surface area contributed by atoms with E-state index in [1.165, 1.54) is 4.68 Å². The molecule has 190 valence electrons. The molecule has 1 heterocycles. The first kappa shape index (κ1) is 27.0. The third-order valence-corrected chi connectivity index (χ3v) is 7.02. The summed E-state index contributed by atoms with van der Waals surface area (Å²) in [7, 11) is 0. The molecule has 1 N–H and O–H groups in total. The van der Waals surface area contributed by atoms with Gasteiger partial charge in [-0.15, -0.1) is 0 Å². The van der Waals surface area contributed by atoms with Gasteiger partial charge in [-0.2, -0.15) is 9.78 Å². The van der Waals surface area contributed by atoms with E-state index < -0.39 is 0 Å². The summed E-state index contributed by atoms with van der Waals surface area (Å²) in [5.41, 5.74) is 1.77. The fourth-order valence-corrected chi connectivity index (χ4v) is 4.49. The number of hydrogen-bond donors (Lipinski definition) is 1. The number of hydrogen-bond acceptors (Lipinski definition) is 5. The first-order valence-electron chi connectivity index (χ1n) is 11.5. The zero-order chi connectivity index (χ0) is 26.5. The second kappa shape index (κ2) is 12.0. The van der Waals surface area contributed by atoms with Crippen LogP contribution in [0, 0.1) is 0 Å². The molecule has 1 amide bonds. The van der Waals surface area contributed by atoms with E-state index in [9.17, 15) is 9.59 Å². The highest BCUT2D eigenvalue weighted by Gasteiger charge is 2.16. The molecule has 1 atom stereocenters. The van der Waals surface area contributed by atoms with Crippen LogP contribution in [0.15, 0.2) is 79.5 Å². The molecule has 0 unspecified atom stereocenters. The van der Waals surface area contributed by atoms with Gasteiger partial charge in [-0.3, -0.25) is 9.59 Å². The Morgan fingerprint density at radius 1 is 1.16 bits per heavy atom. The average Bonchev–Trinajstić information content (AvgIpc) is 2.88. The van der Waals surface area contributed by atoms with E-state index in [1.54, 1.807) is 54.7 Å². The molecule has 0 spiro atoms. The number of fused-ring (bicyclic) bond motifs is 1. The van der Waals surface area contributed by atoms with Crippen molar-refractivity contribution in [1.82, 2.24) is 9.66 Å². The van der Waals surface area contributed by atoms with Crippen LogP contribution >= 0.6 is 43.5 Å². The fraction of sp³-hybridized carbons (Fsp3) is 0.185. The number of ether oxygens (including phenoxy) is 1. The number of aromatic nitrogens is 2. The van der Waals surface area contributed by atoms with Crippen molar-refractivity contribution >= 4 is 72.2 Å². The minimum atomic E-state index is -0.299. The summed E-state index contributed by atoms with van der Waals surface area (Å²) in [4.78, 5) is 30.2. The SMILES string of the molecule is CC[C@H](C)c1nc2ccc(Br)cc2c(=O)n1N=Cc1ccc(OCC(=O)Nc2ccc(Cl)cc2)c(Br)c1. The van der Waals surface area contributed by atoms with Crippen molar-refractivity contribution in [2.75, 3.05) is 11.9 Å². The van der Waals surface area contributed by atoms with Crippen molar-refractivity contribution in [3.63, 3.8) is 0 Å². The molecule has 0 saturated carbocycles. The van der Waals surface area contributed by atoms with Crippen molar-refractivity contribution in [2.24, 2.45) is 5.10 Å². The molecule has 0 saturated heterocycles. The maximum atomic E-state index is 13.3. The lowest BCUT2D eigenvalue weighted by atomic mass is 10.1. The summed E-state index contributed by atoms with van der Waals surface area (Å²) in [5, 5.41) is 8.31. The van der Waals surface area contributed by atoms with E-state index >= 15 is 0 Å². The van der Waals surface area contributed by atoms with E-state index in [0.29, 0.717) is 37.7 Å². The van der Waals surface area contributed by atoms with Gasteiger partial charge in [-0.25, -0.2) is 4.98 Å². The maximum absolute atomic E-state index is 13.3. The Hall–Kier alpha value is -3.01. The molecular weight excluding hydrogens is 624 g/mol. The van der Waals surface area contributed by atoms with Gasteiger partial charge in [0.1, 0.15) is 11.6 Å². The van der Waals surface area contributed by atoms with Crippen molar-refractivity contribution in [3.8, 4) is 5.75 Å². The van der Waals surface area contributed by atoms with Gasteiger partial charge in [0.2, 0.25) is 0 Å². The Kier molecular flexibility index (Phi) is 8.79. The van der Waals surface area contributed by atoms with Crippen LogP contribution in [0.1, 0.15) is 37.6 Å². The van der Waals surface area contributed by atoms with E-state index in [1.807, 2.05) is 26.0 Å². The van der Waals surface area contributed by atoms with Crippen LogP contribution < -0.4 is 15.6 Å². The van der Waals surface area contributed by atoms with Gasteiger partial charge < -0.3 is 10.1 Å². The molecule has 7 nitrogen and oxygen atoms in total. The minimum absolute atomic E-state index is 0.0411. The minimum Gasteiger partial charge on any atom is -0.483 e. The Labute approximate surface area is 235 Å². The van der Waals surface area contributed by atoms with Crippen LogP contribution in [0.2, 0.25) is 5.02 Å². The van der Waals surface area contributed by atoms with Crippen LogP contribution in [-0.4, -0.2) is 28.4 Å². The van der Waals surface area contributed by atoms with Crippen LogP contribution in [0.4, 0.5) is 5.69 Å². The maximum Gasteiger partial charge on any atom is 0.282 e. The smallest absolute Gasteiger partial charge is 0.282 e. The average molecular weight is 647 g/mol. The Bertz CT molecular complexity index is 1540. The van der Waals surface area contributed by atoms with Crippen molar-refractivity contribution in [1.29, 1.82) is 0 Å². The number of halogens is 3. The highest BCUT2D eigenvalue weighted by Crippen LogP contribution is 2.26. The summed E-state index contributed by atoms with van der Waals surface area (Å²) in [5.74, 6) is 0.842. The molecular formula is C27H23Br2ClN4O3. The number of carbonyl (C=O) groups excluding carboxylic acids is 1. The number of amides is 1. The number of anilines is 1. The summed E-state index contributed by atoms with van der Waals surface area (Å²) < 4.78 is 8.46. The van der Waals surface area contributed by atoms with Gasteiger partial charge in [0.15, 0.2) is 6.61 Å². The van der Waals surface area contributed by atoms with E-state index in [2.05, 4.69) is 42.3 Å². The third-order valence-electron chi connectivity index (χ3n) is 5.65. The predicted octanol–water partition coefficient (Wildman–Crippen LogP) is 6.99. The molecule has 0 bridgehead atoms. The number of nitrogens with one attached hydrogen (secondary N) is 1. The largest absolute Gasteiger partial charge is 0.483 e. The van der Waals surface area contributed by atoms with Crippen LogP contribution in [0.5, 0.6) is 5.75 Å². The summed E-state index contributed by atoms with van der Waals surface area (Å²) >= 11 is 12.8. The standard InChI is InChI=1S/C27H23Br2ClN4O3/c1-3-16(2)26-33-23-10-5-18(28)13-21(23)27(36)34(26)31-14-17-4-11-24(22(29)12-17)37-15-25(35)32-20-8-6-19(30)7-9-20/h4-14,16H,3,15H2,1-2H3,(H,32,35)/t16-/m0/s1. The van der Waals surface area contributed by atoms with E-state index in [-0.39, 0.29) is 24.0 Å². The molecule has 0 aliphatic carbocycles. The van der Waals surface area contributed by atoms with Crippen LogP contribution in [0.3, 0.4) is 0 Å². The van der Waals surface area contributed by atoms with Gasteiger partial charge in [0, 0.05) is 21.1 Å². The number of nitrogens with zero attached hydrogens (tertiary/aromatic N) is 3.